The predicted molar refractivity (Wildman–Crippen MR) is 50.4 cm³/mol. The van der Waals surface area contributed by atoms with E-state index >= 15 is 0 Å². The second-order valence-electron chi connectivity index (χ2n) is 1.12. The molecule has 1 nitrogen and oxygen atoms in total. The number of hydrogen-bond donors (Lipinski definition) is 0. The van der Waals surface area contributed by atoms with Crippen LogP contribution in [0.4, 0.5) is 0 Å². The summed E-state index contributed by atoms with van der Waals surface area (Å²) in [4.78, 5) is 1.27. The van der Waals surface area contributed by atoms with Crippen LogP contribution >= 0.6 is 34.7 Å². The molecule has 0 aliphatic rings. The standard InChI is InChI=1S/C4H5NS.2CH3Cl/c1-4-2-3-5-6-4;2*1-2/h2-3H,1H3;2*1H3. The number of rotatable bonds is 0. The number of aryl methyl sites for hydroxylation is 1. The summed E-state index contributed by atoms with van der Waals surface area (Å²) >= 11 is 10.8. The molecule has 0 unspecified atom stereocenters. The van der Waals surface area contributed by atoms with Gasteiger partial charge in [-0.2, -0.15) is 0 Å². The molecule has 0 saturated heterocycles. The van der Waals surface area contributed by atoms with Crippen LogP contribution in [0.2, 0.25) is 0 Å². The average molecular weight is 200 g/mol. The molecule has 0 amide bonds. The Morgan fingerprint density at radius 1 is 1.30 bits per heavy atom. The van der Waals surface area contributed by atoms with Crippen molar-refractivity contribution in [3.63, 3.8) is 0 Å². The van der Waals surface area contributed by atoms with Crippen LogP contribution in [0.5, 0.6) is 0 Å². The zero-order valence-corrected chi connectivity index (χ0v) is 8.59. The van der Waals surface area contributed by atoms with Crippen LogP contribution in [-0.2, 0) is 0 Å². The van der Waals surface area contributed by atoms with Crippen LogP contribution in [0.3, 0.4) is 0 Å². The zero-order valence-electron chi connectivity index (χ0n) is 6.27. The fourth-order valence-corrected chi connectivity index (χ4v) is 0.689. The molecular weight excluding hydrogens is 189 g/mol. The molecule has 0 fully saturated rings. The Hall–Kier alpha value is 0.210. The number of nitrogens with zero attached hydrogens (tertiary/aromatic N) is 1. The van der Waals surface area contributed by atoms with Crippen molar-refractivity contribution in [2.45, 2.75) is 6.92 Å². The summed E-state index contributed by atoms with van der Waals surface area (Å²) < 4.78 is 3.86. The monoisotopic (exact) mass is 199 g/mol. The summed E-state index contributed by atoms with van der Waals surface area (Å²) in [7, 11) is 0. The summed E-state index contributed by atoms with van der Waals surface area (Å²) in [5.41, 5.74) is 0. The Labute approximate surface area is 76.1 Å². The number of aromatic nitrogens is 1. The van der Waals surface area contributed by atoms with Crippen molar-refractivity contribution in [1.82, 2.24) is 4.37 Å². The molecule has 1 heterocycles. The minimum absolute atomic E-state index is 1.27. The minimum Gasteiger partial charge on any atom is -0.201 e. The van der Waals surface area contributed by atoms with Crippen LogP contribution in [-0.4, -0.2) is 17.1 Å². The maximum Gasteiger partial charge on any atom is 0.0409 e. The van der Waals surface area contributed by atoms with Gasteiger partial charge in [-0.3, -0.25) is 0 Å². The van der Waals surface area contributed by atoms with Gasteiger partial charge >= 0.3 is 0 Å². The van der Waals surface area contributed by atoms with Gasteiger partial charge in [0.15, 0.2) is 0 Å². The van der Waals surface area contributed by atoms with E-state index in [9.17, 15) is 0 Å². The molecule has 1 aromatic heterocycles. The molecule has 0 aliphatic carbocycles. The maximum absolute atomic E-state index is 4.64. The van der Waals surface area contributed by atoms with Gasteiger partial charge in [-0.1, -0.05) is 0 Å². The van der Waals surface area contributed by atoms with E-state index in [1.165, 1.54) is 29.2 Å². The Bertz CT molecular complexity index is 119. The maximum atomic E-state index is 4.64. The molecule has 0 atom stereocenters. The second kappa shape index (κ2) is 11.9. The van der Waals surface area contributed by atoms with Crippen LogP contribution in [0.15, 0.2) is 12.3 Å². The van der Waals surface area contributed by atoms with E-state index in [1.807, 2.05) is 13.0 Å². The third-order valence-corrected chi connectivity index (χ3v) is 1.22. The second-order valence-corrected chi connectivity index (χ2v) is 2.16. The quantitative estimate of drug-likeness (QED) is 0.586. The van der Waals surface area contributed by atoms with E-state index in [-0.39, 0.29) is 0 Å². The SMILES string of the molecule is CCl.CCl.Cc1ccns1. The van der Waals surface area contributed by atoms with E-state index in [1.54, 1.807) is 6.20 Å². The van der Waals surface area contributed by atoms with Gasteiger partial charge in [0.05, 0.1) is 0 Å². The molecule has 1 aromatic rings. The molecule has 0 N–H and O–H groups in total. The van der Waals surface area contributed by atoms with Crippen molar-refractivity contribution in [1.29, 1.82) is 0 Å². The van der Waals surface area contributed by atoms with Crippen molar-refractivity contribution >= 4 is 34.7 Å². The van der Waals surface area contributed by atoms with Crippen LogP contribution in [0.1, 0.15) is 4.88 Å². The molecule has 0 spiro atoms. The summed E-state index contributed by atoms with van der Waals surface area (Å²) in [5, 5.41) is 0. The lowest BCUT2D eigenvalue weighted by molar-refractivity contribution is 1.57. The van der Waals surface area contributed by atoms with Gasteiger partial charge in [-0.05, 0) is 24.5 Å². The van der Waals surface area contributed by atoms with Crippen molar-refractivity contribution in [3.8, 4) is 0 Å². The molecule has 0 aromatic carbocycles. The summed E-state index contributed by atoms with van der Waals surface area (Å²) in [5.74, 6) is 0. The number of hydrogen-bond acceptors (Lipinski definition) is 2. The highest BCUT2D eigenvalue weighted by atomic mass is 35.5. The van der Waals surface area contributed by atoms with Crippen LogP contribution in [0.25, 0.3) is 0 Å². The number of halogens is 2. The van der Waals surface area contributed by atoms with Crippen molar-refractivity contribution < 1.29 is 0 Å². The molecule has 0 bridgehead atoms. The first kappa shape index (κ1) is 12.8. The average Bonchev–Trinajstić information content (AvgIpc) is 2.48. The summed E-state index contributed by atoms with van der Waals surface area (Å²) in [6.07, 6.45) is 4.75. The van der Waals surface area contributed by atoms with E-state index in [2.05, 4.69) is 27.6 Å². The van der Waals surface area contributed by atoms with E-state index < -0.39 is 0 Å². The molecular formula is C6H11Cl2NS. The molecule has 10 heavy (non-hydrogen) atoms. The van der Waals surface area contributed by atoms with Gasteiger partial charge in [0.2, 0.25) is 0 Å². The number of alkyl halides is 2. The lowest BCUT2D eigenvalue weighted by Crippen LogP contribution is -1.43. The highest BCUT2D eigenvalue weighted by molar-refractivity contribution is 7.05. The van der Waals surface area contributed by atoms with Gasteiger partial charge in [0, 0.05) is 23.8 Å². The van der Waals surface area contributed by atoms with Crippen molar-refractivity contribution in [2.24, 2.45) is 0 Å². The Kier molecular flexibility index (Phi) is 15.3. The Morgan fingerprint density at radius 2 is 1.80 bits per heavy atom. The molecule has 0 saturated carbocycles. The van der Waals surface area contributed by atoms with Crippen molar-refractivity contribution in [2.75, 3.05) is 12.8 Å². The highest BCUT2D eigenvalue weighted by Gasteiger charge is 1.76. The molecule has 1 rings (SSSR count). The van der Waals surface area contributed by atoms with Gasteiger partial charge in [0.25, 0.3) is 0 Å². The largest absolute Gasteiger partial charge is 0.201 e. The molecule has 0 radical (unpaired) electrons. The normalized spacial score (nSPS) is 6.50. The zero-order chi connectivity index (χ0) is 8.41. The first-order valence-electron chi connectivity index (χ1n) is 2.52. The van der Waals surface area contributed by atoms with Crippen LogP contribution < -0.4 is 0 Å². The third kappa shape index (κ3) is 8.21. The summed E-state index contributed by atoms with van der Waals surface area (Å²) in [6.45, 7) is 2.04. The van der Waals surface area contributed by atoms with E-state index in [0.29, 0.717) is 0 Å². The first-order valence-corrected chi connectivity index (χ1v) is 4.81. The smallest absolute Gasteiger partial charge is 0.0409 e. The molecule has 4 heteroatoms. The van der Waals surface area contributed by atoms with Crippen molar-refractivity contribution in [3.05, 3.63) is 17.1 Å². The topological polar surface area (TPSA) is 12.9 Å². The van der Waals surface area contributed by atoms with Crippen LogP contribution in [0, 0.1) is 6.92 Å². The first-order chi connectivity index (χ1) is 4.89. The minimum atomic E-state index is 1.27. The highest BCUT2D eigenvalue weighted by Crippen LogP contribution is 1.98. The molecule has 0 aliphatic heterocycles. The Balaban J connectivity index is 0. The third-order valence-electron chi connectivity index (χ3n) is 0.567. The molecule has 60 valence electrons. The lowest BCUT2D eigenvalue weighted by atomic mass is 10.6. The predicted octanol–water partition coefficient (Wildman–Crippen LogP) is 3.16. The Morgan fingerprint density at radius 3 is 1.90 bits per heavy atom. The fraction of sp³-hybridized carbons (Fsp3) is 0.500. The van der Waals surface area contributed by atoms with Gasteiger partial charge in [-0.25, -0.2) is 4.37 Å². The van der Waals surface area contributed by atoms with Gasteiger partial charge in [0.1, 0.15) is 0 Å². The fourth-order valence-electron chi connectivity index (χ4n) is 0.279. The van der Waals surface area contributed by atoms with E-state index in [0.717, 1.165) is 0 Å². The summed E-state index contributed by atoms with van der Waals surface area (Å²) in [6, 6.07) is 1.99. The van der Waals surface area contributed by atoms with Gasteiger partial charge < -0.3 is 0 Å². The van der Waals surface area contributed by atoms with E-state index in [4.69, 9.17) is 0 Å². The van der Waals surface area contributed by atoms with Gasteiger partial charge in [-0.15, -0.1) is 23.2 Å². The lowest BCUT2D eigenvalue weighted by Gasteiger charge is -1.63.